The first-order valence-corrected chi connectivity index (χ1v) is 11.6. The van der Waals surface area contributed by atoms with Gasteiger partial charge in [0.05, 0.1) is 10.4 Å². The van der Waals surface area contributed by atoms with Crippen molar-refractivity contribution in [2.24, 2.45) is 0 Å². The molecule has 0 saturated carbocycles. The smallest absolute Gasteiger partial charge is 0.270 e. The summed E-state index contributed by atoms with van der Waals surface area (Å²) in [5, 5.41) is 1.07. The molecule has 0 spiro atoms. The van der Waals surface area contributed by atoms with Crippen molar-refractivity contribution in [3.8, 4) is 5.69 Å². The van der Waals surface area contributed by atoms with Crippen LogP contribution >= 0.6 is 23.5 Å². The van der Waals surface area contributed by atoms with Crippen LogP contribution in [0.3, 0.4) is 0 Å². The van der Waals surface area contributed by atoms with Crippen molar-refractivity contribution in [3.05, 3.63) is 126 Å². The molecular weight excluding hydrogens is 418 g/mol. The Morgan fingerprint density at radius 3 is 1.61 bits per heavy atom. The van der Waals surface area contributed by atoms with Gasteiger partial charge in [0.1, 0.15) is 0 Å². The second-order valence-electron chi connectivity index (χ2n) is 6.98. The molecule has 5 aromatic rings. The Hall–Kier alpha value is -3.21. The molecular formula is C27H19NOS2. The fourth-order valence-electron chi connectivity index (χ4n) is 3.53. The van der Waals surface area contributed by atoms with E-state index in [-0.39, 0.29) is 5.56 Å². The number of pyridine rings is 1. The van der Waals surface area contributed by atoms with Gasteiger partial charge >= 0.3 is 0 Å². The lowest BCUT2D eigenvalue weighted by atomic mass is 10.2. The van der Waals surface area contributed by atoms with Crippen LogP contribution in [0.5, 0.6) is 0 Å². The molecule has 0 amide bonds. The van der Waals surface area contributed by atoms with Crippen LogP contribution in [-0.4, -0.2) is 4.57 Å². The topological polar surface area (TPSA) is 22.0 Å². The molecule has 4 aromatic carbocycles. The number of hydrogen-bond donors (Lipinski definition) is 0. The molecule has 2 nitrogen and oxygen atoms in total. The maximum atomic E-state index is 13.9. The maximum absolute atomic E-state index is 13.9. The zero-order valence-corrected chi connectivity index (χ0v) is 18.3. The highest BCUT2D eigenvalue weighted by atomic mass is 32.2. The van der Waals surface area contributed by atoms with Crippen LogP contribution in [0.2, 0.25) is 0 Å². The van der Waals surface area contributed by atoms with Gasteiger partial charge in [-0.05, 0) is 42.5 Å². The third kappa shape index (κ3) is 4.05. The Bertz CT molecular complexity index is 1380. The minimum absolute atomic E-state index is 0.00261. The summed E-state index contributed by atoms with van der Waals surface area (Å²) >= 11 is 3.18. The molecule has 0 saturated heterocycles. The molecule has 0 N–H and O–H groups in total. The number of benzene rings is 4. The SMILES string of the molecule is O=c1c(Sc2ccccc2)c(Sc2ccccc2)c2ccccc2n1-c1ccccc1. The van der Waals surface area contributed by atoms with E-state index in [0.29, 0.717) is 0 Å². The van der Waals surface area contributed by atoms with Gasteiger partial charge in [0, 0.05) is 25.8 Å². The average molecular weight is 438 g/mol. The second kappa shape index (κ2) is 8.88. The lowest BCUT2D eigenvalue weighted by Gasteiger charge is -2.17. The largest absolute Gasteiger partial charge is 0.276 e. The van der Waals surface area contributed by atoms with Crippen molar-refractivity contribution in [2.75, 3.05) is 0 Å². The lowest BCUT2D eigenvalue weighted by Crippen LogP contribution is -2.21. The average Bonchev–Trinajstić information content (AvgIpc) is 2.83. The number of para-hydroxylation sites is 2. The Balaban J connectivity index is 1.81. The van der Waals surface area contributed by atoms with Crippen LogP contribution in [-0.2, 0) is 0 Å². The molecule has 4 heteroatoms. The minimum Gasteiger partial charge on any atom is -0.276 e. The molecule has 0 aliphatic rings. The summed E-state index contributed by atoms with van der Waals surface area (Å²) in [7, 11) is 0. The number of fused-ring (bicyclic) bond motifs is 1. The maximum Gasteiger partial charge on any atom is 0.270 e. The van der Waals surface area contributed by atoms with Crippen LogP contribution in [0.4, 0.5) is 0 Å². The molecule has 0 bridgehead atoms. The van der Waals surface area contributed by atoms with Crippen molar-refractivity contribution < 1.29 is 0 Å². The monoisotopic (exact) mass is 437 g/mol. The van der Waals surface area contributed by atoms with E-state index in [2.05, 4.69) is 18.2 Å². The van der Waals surface area contributed by atoms with Gasteiger partial charge in [0.25, 0.3) is 5.56 Å². The van der Waals surface area contributed by atoms with Crippen molar-refractivity contribution >= 4 is 34.4 Å². The van der Waals surface area contributed by atoms with Gasteiger partial charge in [-0.3, -0.25) is 9.36 Å². The van der Waals surface area contributed by atoms with Crippen molar-refractivity contribution in [3.63, 3.8) is 0 Å². The van der Waals surface area contributed by atoms with Crippen molar-refractivity contribution in [1.82, 2.24) is 4.57 Å². The quantitative estimate of drug-likeness (QED) is 0.288. The fourth-order valence-corrected chi connectivity index (χ4v) is 5.68. The van der Waals surface area contributed by atoms with E-state index >= 15 is 0 Å². The first kappa shape index (κ1) is 19.7. The minimum atomic E-state index is -0.00261. The molecule has 1 aromatic heterocycles. The van der Waals surface area contributed by atoms with Crippen LogP contribution in [0.25, 0.3) is 16.6 Å². The second-order valence-corrected chi connectivity index (χ2v) is 9.15. The molecule has 0 fully saturated rings. The van der Waals surface area contributed by atoms with Crippen molar-refractivity contribution in [2.45, 2.75) is 19.6 Å². The molecule has 0 radical (unpaired) electrons. The van der Waals surface area contributed by atoms with Gasteiger partial charge in [-0.25, -0.2) is 0 Å². The zero-order valence-electron chi connectivity index (χ0n) is 16.6. The van der Waals surface area contributed by atoms with E-state index in [9.17, 15) is 4.79 Å². The highest BCUT2D eigenvalue weighted by molar-refractivity contribution is 8.02. The third-order valence-electron chi connectivity index (χ3n) is 4.93. The standard InChI is InChI=1S/C27H19NOS2/c29-27-26(31-22-16-8-3-9-17-22)25(30-21-14-6-2-7-15-21)23-18-10-11-19-24(23)28(27)20-12-4-1-5-13-20/h1-19H. The predicted molar refractivity (Wildman–Crippen MR) is 131 cm³/mol. The van der Waals surface area contributed by atoms with Gasteiger partial charge in [-0.15, -0.1) is 0 Å². The Kier molecular flexibility index (Phi) is 5.65. The highest BCUT2D eigenvalue weighted by Crippen LogP contribution is 2.41. The first-order chi connectivity index (χ1) is 15.3. The molecule has 0 aliphatic carbocycles. The van der Waals surface area contributed by atoms with Crippen LogP contribution < -0.4 is 5.56 Å². The fraction of sp³-hybridized carbons (Fsp3) is 0. The van der Waals surface area contributed by atoms with Crippen LogP contribution in [0.1, 0.15) is 0 Å². The van der Waals surface area contributed by atoms with E-state index in [1.165, 1.54) is 11.8 Å². The molecule has 0 unspecified atom stereocenters. The first-order valence-electron chi connectivity index (χ1n) is 10.0. The summed E-state index contributed by atoms with van der Waals surface area (Å²) in [6, 6.07) is 38.3. The van der Waals surface area contributed by atoms with E-state index in [1.54, 1.807) is 11.8 Å². The molecule has 0 atom stereocenters. The summed E-state index contributed by atoms with van der Waals surface area (Å²) in [5.41, 5.74) is 1.78. The van der Waals surface area contributed by atoms with Crippen LogP contribution in [0, 0.1) is 0 Å². The normalized spacial score (nSPS) is 11.0. The lowest BCUT2D eigenvalue weighted by molar-refractivity contribution is 0.965. The molecule has 1 heterocycles. The number of nitrogens with zero attached hydrogens (tertiary/aromatic N) is 1. The zero-order chi connectivity index (χ0) is 21.0. The van der Waals surface area contributed by atoms with Gasteiger partial charge < -0.3 is 0 Å². The highest BCUT2D eigenvalue weighted by Gasteiger charge is 2.19. The van der Waals surface area contributed by atoms with E-state index in [4.69, 9.17) is 0 Å². The predicted octanol–water partition coefficient (Wildman–Crippen LogP) is 7.29. The molecule has 5 rings (SSSR count). The van der Waals surface area contributed by atoms with E-state index in [1.807, 2.05) is 102 Å². The summed E-state index contributed by atoms with van der Waals surface area (Å²) in [6.45, 7) is 0. The van der Waals surface area contributed by atoms with Gasteiger partial charge in [0.2, 0.25) is 0 Å². The van der Waals surface area contributed by atoms with E-state index in [0.717, 1.165) is 36.2 Å². The Labute approximate surface area is 189 Å². The third-order valence-corrected chi connectivity index (χ3v) is 7.29. The van der Waals surface area contributed by atoms with Crippen LogP contribution in [0.15, 0.2) is 140 Å². The van der Waals surface area contributed by atoms with Gasteiger partial charge in [-0.2, -0.15) is 0 Å². The number of aromatic nitrogens is 1. The molecule has 0 aliphatic heterocycles. The summed E-state index contributed by atoms with van der Waals surface area (Å²) < 4.78 is 1.83. The Morgan fingerprint density at radius 2 is 1.00 bits per heavy atom. The summed E-state index contributed by atoms with van der Waals surface area (Å²) in [5.74, 6) is 0. The Morgan fingerprint density at radius 1 is 0.516 bits per heavy atom. The molecule has 150 valence electrons. The summed E-state index contributed by atoms with van der Waals surface area (Å²) in [4.78, 5) is 17.8. The van der Waals surface area contributed by atoms with Gasteiger partial charge in [0.15, 0.2) is 0 Å². The van der Waals surface area contributed by atoms with Gasteiger partial charge in [-0.1, -0.05) is 96.3 Å². The number of hydrogen-bond acceptors (Lipinski definition) is 3. The summed E-state index contributed by atoms with van der Waals surface area (Å²) in [6.07, 6.45) is 0. The molecule has 31 heavy (non-hydrogen) atoms. The van der Waals surface area contributed by atoms with Crippen molar-refractivity contribution in [1.29, 1.82) is 0 Å². The van der Waals surface area contributed by atoms with E-state index < -0.39 is 0 Å². The number of rotatable bonds is 5.